The summed E-state index contributed by atoms with van der Waals surface area (Å²) in [5, 5.41) is 22.2. The third kappa shape index (κ3) is 15.6. The number of aliphatic hydroxyl groups is 1. The Morgan fingerprint density at radius 2 is 1.16 bits per heavy atom. The van der Waals surface area contributed by atoms with Crippen LogP contribution in [-0.4, -0.2) is 33.7 Å². The number of carboxylic acid groups (broad SMARTS) is 1. The van der Waals surface area contributed by atoms with E-state index in [1.165, 1.54) is 90.4 Å². The second kappa shape index (κ2) is 20.5. The molecule has 1 amide bonds. The lowest BCUT2D eigenvalue weighted by Gasteiger charge is -2.32. The average Bonchev–Trinajstić information content (AvgIpc) is 2.74. The minimum atomic E-state index is -1.84. The summed E-state index contributed by atoms with van der Waals surface area (Å²) in [6.07, 6.45) is 20.5. The van der Waals surface area contributed by atoms with Gasteiger partial charge in [0.1, 0.15) is 0 Å². The standard InChI is InChI=1S/C26H51NO4.H3N/c1-5-7-8-9-10-11-12-13-14-15-16-17-18-19-20-21-24(28)27-23(6-2)22(3)26(4,31)25(29)30;/h22-23,31H,5-21H2,1-4H3,(H,27,28)(H,29,30);1H3. The van der Waals surface area contributed by atoms with Crippen LogP contribution in [0, 0.1) is 5.92 Å². The zero-order valence-corrected chi connectivity index (χ0v) is 21.6. The molecule has 0 aliphatic rings. The van der Waals surface area contributed by atoms with Crippen molar-refractivity contribution >= 4 is 11.9 Å². The molecule has 0 saturated carbocycles. The van der Waals surface area contributed by atoms with Crippen LogP contribution >= 0.6 is 0 Å². The molecule has 0 fully saturated rings. The third-order valence-electron chi connectivity index (χ3n) is 6.72. The number of carboxylic acids is 1. The largest absolute Gasteiger partial charge is 0.479 e. The molecule has 6 nitrogen and oxygen atoms in total. The minimum Gasteiger partial charge on any atom is -0.479 e. The highest BCUT2D eigenvalue weighted by Gasteiger charge is 2.40. The summed E-state index contributed by atoms with van der Waals surface area (Å²) in [6.45, 7) is 7.13. The molecule has 0 spiro atoms. The molecule has 0 aliphatic carbocycles. The van der Waals surface area contributed by atoms with Crippen molar-refractivity contribution < 1.29 is 19.8 Å². The summed E-state index contributed by atoms with van der Waals surface area (Å²) in [6, 6.07) is -0.338. The molecule has 192 valence electrons. The Bertz CT molecular complexity index is 469. The van der Waals surface area contributed by atoms with Gasteiger partial charge in [-0.3, -0.25) is 4.79 Å². The van der Waals surface area contributed by atoms with E-state index in [1.807, 2.05) is 6.92 Å². The Morgan fingerprint density at radius 3 is 1.50 bits per heavy atom. The normalized spacial score (nSPS) is 14.8. The predicted molar refractivity (Wildman–Crippen MR) is 134 cm³/mol. The second-order valence-electron chi connectivity index (χ2n) is 9.52. The van der Waals surface area contributed by atoms with Crippen LogP contribution in [0.15, 0.2) is 0 Å². The maximum atomic E-state index is 12.2. The van der Waals surface area contributed by atoms with Crippen LogP contribution in [0.4, 0.5) is 0 Å². The van der Waals surface area contributed by atoms with E-state index in [2.05, 4.69) is 12.2 Å². The number of carbonyl (C=O) groups excluding carboxylic acids is 1. The van der Waals surface area contributed by atoms with Crippen LogP contribution in [0.1, 0.15) is 137 Å². The fourth-order valence-electron chi connectivity index (χ4n) is 4.10. The monoisotopic (exact) mass is 458 g/mol. The second-order valence-corrected chi connectivity index (χ2v) is 9.52. The van der Waals surface area contributed by atoms with Gasteiger partial charge < -0.3 is 21.7 Å². The molecule has 0 aromatic rings. The molecule has 3 atom stereocenters. The summed E-state index contributed by atoms with van der Waals surface area (Å²) in [4.78, 5) is 23.4. The van der Waals surface area contributed by atoms with Crippen molar-refractivity contribution in [2.24, 2.45) is 5.92 Å². The molecule has 32 heavy (non-hydrogen) atoms. The molecule has 0 radical (unpaired) electrons. The van der Waals surface area contributed by atoms with Gasteiger partial charge in [0.05, 0.1) is 0 Å². The van der Waals surface area contributed by atoms with Gasteiger partial charge in [-0.25, -0.2) is 4.79 Å². The lowest BCUT2D eigenvalue weighted by atomic mass is 9.83. The number of carbonyl (C=O) groups is 2. The highest BCUT2D eigenvalue weighted by molar-refractivity contribution is 5.78. The molecule has 0 aromatic heterocycles. The maximum absolute atomic E-state index is 12.2. The van der Waals surface area contributed by atoms with E-state index in [0.29, 0.717) is 12.8 Å². The first-order valence-corrected chi connectivity index (χ1v) is 13.0. The SMILES string of the molecule is CCCCCCCCCCCCCCCCCC(=O)NC(CC)C(C)C(C)(O)C(=O)O.N. The molecule has 0 bridgehead atoms. The Balaban J connectivity index is 0. The van der Waals surface area contributed by atoms with Crippen LogP contribution in [0.3, 0.4) is 0 Å². The van der Waals surface area contributed by atoms with Crippen LogP contribution < -0.4 is 11.5 Å². The van der Waals surface area contributed by atoms with E-state index >= 15 is 0 Å². The Labute approximate surface area is 197 Å². The number of amides is 1. The average molecular weight is 459 g/mol. The number of aliphatic carboxylic acids is 1. The Hall–Kier alpha value is -1.14. The number of rotatable bonds is 21. The smallest absolute Gasteiger partial charge is 0.335 e. The van der Waals surface area contributed by atoms with Crippen molar-refractivity contribution in [3.63, 3.8) is 0 Å². The van der Waals surface area contributed by atoms with Crippen LogP contribution in [-0.2, 0) is 9.59 Å². The number of nitrogens with one attached hydrogen (secondary N) is 1. The quantitative estimate of drug-likeness (QED) is 0.141. The van der Waals surface area contributed by atoms with Crippen molar-refractivity contribution in [2.75, 3.05) is 0 Å². The van der Waals surface area contributed by atoms with Gasteiger partial charge in [0.15, 0.2) is 5.60 Å². The Kier molecular flexibility index (Phi) is 21.1. The zero-order valence-electron chi connectivity index (χ0n) is 21.6. The summed E-state index contributed by atoms with van der Waals surface area (Å²) >= 11 is 0. The lowest BCUT2D eigenvalue weighted by Crippen LogP contribution is -2.52. The van der Waals surface area contributed by atoms with E-state index in [9.17, 15) is 19.8 Å². The highest BCUT2D eigenvalue weighted by atomic mass is 16.4. The molecule has 6 N–H and O–H groups in total. The van der Waals surface area contributed by atoms with Crippen LogP contribution in [0.5, 0.6) is 0 Å². The van der Waals surface area contributed by atoms with Gasteiger partial charge >= 0.3 is 5.97 Å². The van der Waals surface area contributed by atoms with Crippen molar-refractivity contribution in [3.05, 3.63) is 0 Å². The summed E-state index contributed by atoms with van der Waals surface area (Å²) < 4.78 is 0. The van der Waals surface area contributed by atoms with E-state index < -0.39 is 17.5 Å². The summed E-state index contributed by atoms with van der Waals surface area (Å²) in [7, 11) is 0. The predicted octanol–water partition coefficient (Wildman–Crippen LogP) is 6.78. The first-order valence-electron chi connectivity index (χ1n) is 13.0. The summed E-state index contributed by atoms with van der Waals surface area (Å²) in [5.74, 6) is -1.86. The molecule has 3 unspecified atom stereocenters. The molecular weight excluding hydrogens is 404 g/mol. The molecule has 6 heteroatoms. The Morgan fingerprint density at radius 1 is 0.781 bits per heavy atom. The van der Waals surface area contributed by atoms with Crippen molar-refractivity contribution in [1.82, 2.24) is 11.5 Å². The van der Waals surface area contributed by atoms with E-state index in [-0.39, 0.29) is 18.1 Å². The molecule has 0 aromatic carbocycles. The lowest BCUT2D eigenvalue weighted by molar-refractivity contribution is -0.163. The molecule has 0 heterocycles. The van der Waals surface area contributed by atoms with E-state index in [0.717, 1.165) is 12.8 Å². The van der Waals surface area contributed by atoms with Crippen molar-refractivity contribution in [3.8, 4) is 0 Å². The van der Waals surface area contributed by atoms with Gasteiger partial charge in [-0.1, -0.05) is 111 Å². The van der Waals surface area contributed by atoms with Crippen LogP contribution in [0.2, 0.25) is 0 Å². The van der Waals surface area contributed by atoms with Crippen molar-refractivity contribution in [2.45, 2.75) is 148 Å². The topological polar surface area (TPSA) is 122 Å². The first kappa shape index (κ1) is 33.0. The number of unbranched alkanes of at least 4 members (excludes halogenated alkanes) is 14. The summed E-state index contributed by atoms with van der Waals surface area (Å²) in [5.41, 5.74) is -1.84. The molecule has 0 aliphatic heterocycles. The minimum absolute atomic E-state index is 0. The van der Waals surface area contributed by atoms with Gasteiger partial charge in [-0.2, -0.15) is 0 Å². The third-order valence-corrected chi connectivity index (χ3v) is 6.72. The van der Waals surface area contributed by atoms with Gasteiger partial charge in [-0.15, -0.1) is 0 Å². The van der Waals surface area contributed by atoms with Crippen molar-refractivity contribution in [1.29, 1.82) is 0 Å². The number of hydrogen-bond donors (Lipinski definition) is 4. The van der Waals surface area contributed by atoms with E-state index in [4.69, 9.17) is 0 Å². The van der Waals surface area contributed by atoms with E-state index in [1.54, 1.807) is 6.92 Å². The molecular formula is C26H54N2O4. The first-order chi connectivity index (χ1) is 14.8. The maximum Gasteiger partial charge on any atom is 0.335 e. The molecule has 0 saturated heterocycles. The molecule has 0 rings (SSSR count). The fraction of sp³-hybridized carbons (Fsp3) is 0.923. The van der Waals surface area contributed by atoms with Gasteiger partial charge in [0.2, 0.25) is 5.91 Å². The van der Waals surface area contributed by atoms with Gasteiger partial charge in [0.25, 0.3) is 0 Å². The zero-order chi connectivity index (χ0) is 23.5. The van der Waals surface area contributed by atoms with Gasteiger partial charge in [-0.05, 0) is 19.8 Å². The van der Waals surface area contributed by atoms with Gasteiger partial charge in [0, 0.05) is 18.4 Å². The number of hydrogen-bond acceptors (Lipinski definition) is 4. The highest BCUT2D eigenvalue weighted by Crippen LogP contribution is 2.23. The fourth-order valence-corrected chi connectivity index (χ4v) is 4.10. The van der Waals surface area contributed by atoms with Crippen LogP contribution in [0.25, 0.3) is 0 Å².